The molecule has 0 spiro atoms. The molecule has 4 rings (SSSR count). The molecule has 0 saturated carbocycles. The number of rotatable bonds is 8. The van der Waals surface area contributed by atoms with Gasteiger partial charge in [-0.1, -0.05) is 18.2 Å². The minimum Gasteiger partial charge on any atom is -0.351 e. The summed E-state index contributed by atoms with van der Waals surface area (Å²) < 4.78 is 3.67. The molecule has 0 unspecified atom stereocenters. The van der Waals surface area contributed by atoms with E-state index in [9.17, 15) is 10.1 Å². The van der Waals surface area contributed by atoms with Crippen molar-refractivity contribution in [3.05, 3.63) is 90.9 Å². The van der Waals surface area contributed by atoms with E-state index in [4.69, 9.17) is 5.10 Å². The van der Waals surface area contributed by atoms with Crippen LogP contribution in [0.25, 0.3) is 23.0 Å². The van der Waals surface area contributed by atoms with Gasteiger partial charge in [-0.3, -0.25) is 9.78 Å². The van der Waals surface area contributed by atoms with E-state index in [0.29, 0.717) is 17.8 Å². The molecular formula is C24H21N7O. The summed E-state index contributed by atoms with van der Waals surface area (Å²) in [6, 6.07) is 15.4. The Kier molecular flexibility index (Phi) is 6.48. The Hall–Kier alpha value is -4.51. The standard InChI is InChI=1S/C24H21N7O/c25-16-20(24(32)28-9-4-13-30-14-12-27-18-30)15-21-17-31(22-5-2-1-3-6-22)29-23(21)19-7-10-26-11-8-19/h1-3,5-8,10-12,14-15,17-18H,4,9,13H2,(H,28,32). The molecule has 0 aliphatic carbocycles. The highest BCUT2D eigenvalue weighted by molar-refractivity contribution is 6.02. The molecule has 0 fully saturated rings. The van der Waals surface area contributed by atoms with Gasteiger partial charge in [0.05, 0.1) is 12.0 Å². The lowest BCUT2D eigenvalue weighted by atomic mass is 10.1. The van der Waals surface area contributed by atoms with Crippen molar-refractivity contribution < 1.29 is 4.79 Å². The van der Waals surface area contributed by atoms with E-state index in [1.54, 1.807) is 35.7 Å². The average Bonchev–Trinajstić information content (AvgIpc) is 3.51. The van der Waals surface area contributed by atoms with Crippen molar-refractivity contribution in [1.82, 2.24) is 29.6 Å². The van der Waals surface area contributed by atoms with Gasteiger partial charge in [0, 0.05) is 55.2 Å². The maximum absolute atomic E-state index is 12.6. The van der Waals surface area contributed by atoms with Crippen LogP contribution < -0.4 is 5.32 Å². The van der Waals surface area contributed by atoms with E-state index in [1.165, 1.54) is 0 Å². The molecule has 0 aliphatic heterocycles. The highest BCUT2D eigenvalue weighted by Gasteiger charge is 2.15. The van der Waals surface area contributed by atoms with E-state index >= 15 is 0 Å². The SMILES string of the molecule is N#CC(=Cc1cn(-c2ccccc2)nc1-c1ccncc1)C(=O)NCCCn1ccnc1. The zero-order valence-corrected chi connectivity index (χ0v) is 17.3. The number of aromatic nitrogens is 5. The zero-order chi connectivity index (χ0) is 22.2. The highest BCUT2D eigenvalue weighted by Crippen LogP contribution is 2.25. The van der Waals surface area contributed by atoms with Crippen LogP contribution in [0.4, 0.5) is 0 Å². The molecular weight excluding hydrogens is 402 g/mol. The van der Waals surface area contributed by atoms with Gasteiger partial charge in [0.15, 0.2) is 0 Å². The number of nitriles is 1. The summed E-state index contributed by atoms with van der Waals surface area (Å²) in [7, 11) is 0. The number of hydrogen-bond acceptors (Lipinski definition) is 5. The number of amides is 1. The van der Waals surface area contributed by atoms with Crippen LogP contribution in [0.1, 0.15) is 12.0 Å². The molecule has 0 aliphatic rings. The largest absolute Gasteiger partial charge is 0.351 e. The van der Waals surface area contributed by atoms with Crippen molar-refractivity contribution in [2.24, 2.45) is 0 Å². The number of carbonyl (C=O) groups excluding carboxylic acids is 1. The lowest BCUT2D eigenvalue weighted by Crippen LogP contribution is -2.26. The number of pyridine rings is 1. The van der Waals surface area contributed by atoms with Gasteiger partial charge >= 0.3 is 0 Å². The van der Waals surface area contributed by atoms with E-state index < -0.39 is 5.91 Å². The highest BCUT2D eigenvalue weighted by atomic mass is 16.1. The number of carbonyl (C=O) groups is 1. The maximum Gasteiger partial charge on any atom is 0.261 e. The number of para-hydroxylation sites is 1. The van der Waals surface area contributed by atoms with Crippen LogP contribution in [-0.2, 0) is 11.3 Å². The van der Waals surface area contributed by atoms with Crippen LogP contribution in [-0.4, -0.2) is 36.8 Å². The van der Waals surface area contributed by atoms with Crippen molar-refractivity contribution in [3.63, 3.8) is 0 Å². The first-order valence-corrected chi connectivity index (χ1v) is 10.2. The Labute approximate surface area is 185 Å². The first kappa shape index (κ1) is 20.8. The summed E-state index contributed by atoms with van der Waals surface area (Å²) >= 11 is 0. The van der Waals surface area contributed by atoms with Crippen LogP contribution in [0.2, 0.25) is 0 Å². The molecule has 158 valence electrons. The summed E-state index contributed by atoms with van der Waals surface area (Å²) in [5, 5.41) is 17.1. The lowest BCUT2D eigenvalue weighted by molar-refractivity contribution is -0.117. The zero-order valence-electron chi connectivity index (χ0n) is 17.3. The predicted molar refractivity (Wildman–Crippen MR) is 120 cm³/mol. The van der Waals surface area contributed by atoms with Crippen LogP contribution in [0, 0.1) is 11.3 Å². The van der Waals surface area contributed by atoms with E-state index in [0.717, 1.165) is 24.2 Å². The molecule has 1 amide bonds. The van der Waals surface area contributed by atoms with Crippen molar-refractivity contribution in [1.29, 1.82) is 5.26 Å². The molecule has 4 aromatic rings. The second kappa shape index (κ2) is 10.00. The normalized spacial score (nSPS) is 11.2. The van der Waals surface area contributed by atoms with Gasteiger partial charge in [-0.25, -0.2) is 9.67 Å². The van der Waals surface area contributed by atoms with Crippen LogP contribution >= 0.6 is 0 Å². The summed E-state index contributed by atoms with van der Waals surface area (Å²) in [6.07, 6.45) is 12.8. The second-order valence-corrected chi connectivity index (χ2v) is 7.03. The second-order valence-electron chi connectivity index (χ2n) is 7.03. The van der Waals surface area contributed by atoms with Crippen LogP contribution in [0.5, 0.6) is 0 Å². The van der Waals surface area contributed by atoms with Crippen molar-refractivity contribution in [2.75, 3.05) is 6.54 Å². The minimum absolute atomic E-state index is 0.0237. The Balaban J connectivity index is 1.56. The third-order valence-electron chi connectivity index (χ3n) is 4.82. The summed E-state index contributed by atoms with van der Waals surface area (Å²) in [6.45, 7) is 1.19. The van der Waals surface area contributed by atoms with Gasteiger partial charge in [0.25, 0.3) is 5.91 Å². The van der Waals surface area contributed by atoms with Gasteiger partial charge in [0.1, 0.15) is 17.3 Å². The Morgan fingerprint density at radius 1 is 1.09 bits per heavy atom. The third-order valence-corrected chi connectivity index (χ3v) is 4.82. The summed E-state index contributed by atoms with van der Waals surface area (Å²) in [5.41, 5.74) is 3.08. The quantitative estimate of drug-likeness (QED) is 0.266. The minimum atomic E-state index is -0.411. The molecule has 1 aromatic carbocycles. The van der Waals surface area contributed by atoms with Gasteiger partial charge in [-0.15, -0.1) is 0 Å². The smallest absolute Gasteiger partial charge is 0.261 e. The molecule has 1 N–H and O–H groups in total. The lowest BCUT2D eigenvalue weighted by Gasteiger charge is -2.05. The molecule has 32 heavy (non-hydrogen) atoms. The summed E-state index contributed by atoms with van der Waals surface area (Å²) in [5.74, 6) is -0.411. The summed E-state index contributed by atoms with van der Waals surface area (Å²) in [4.78, 5) is 20.7. The van der Waals surface area contributed by atoms with Gasteiger partial charge in [-0.05, 0) is 36.8 Å². The van der Waals surface area contributed by atoms with E-state index in [-0.39, 0.29) is 5.57 Å². The molecule has 0 atom stereocenters. The van der Waals surface area contributed by atoms with Crippen molar-refractivity contribution in [3.8, 4) is 23.0 Å². The number of benzene rings is 1. The molecule has 8 nitrogen and oxygen atoms in total. The number of nitrogens with one attached hydrogen (secondary N) is 1. The van der Waals surface area contributed by atoms with Gasteiger partial charge in [0.2, 0.25) is 0 Å². The Morgan fingerprint density at radius 2 is 1.91 bits per heavy atom. The topological polar surface area (TPSA) is 101 Å². The fourth-order valence-corrected chi connectivity index (χ4v) is 3.22. The number of hydrogen-bond donors (Lipinski definition) is 1. The Bertz CT molecular complexity index is 1240. The predicted octanol–water partition coefficient (Wildman–Crippen LogP) is 3.24. The molecule has 0 saturated heterocycles. The van der Waals surface area contributed by atoms with Crippen molar-refractivity contribution >= 4 is 12.0 Å². The fourth-order valence-electron chi connectivity index (χ4n) is 3.22. The maximum atomic E-state index is 12.6. The van der Waals surface area contributed by atoms with Crippen LogP contribution in [0.3, 0.4) is 0 Å². The third kappa shape index (κ3) is 4.96. The fraction of sp³-hybridized carbons (Fsp3) is 0.125. The first-order chi connectivity index (χ1) is 15.7. The molecule has 3 aromatic heterocycles. The molecule has 8 heteroatoms. The Morgan fingerprint density at radius 3 is 2.62 bits per heavy atom. The molecule has 3 heterocycles. The van der Waals surface area contributed by atoms with Gasteiger partial charge in [-0.2, -0.15) is 10.4 Å². The molecule has 0 bridgehead atoms. The van der Waals surface area contributed by atoms with E-state index in [1.807, 2.05) is 65.5 Å². The molecule has 0 radical (unpaired) electrons. The van der Waals surface area contributed by atoms with Crippen molar-refractivity contribution in [2.45, 2.75) is 13.0 Å². The number of nitrogens with zero attached hydrogens (tertiary/aromatic N) is 6. The average molecular weight is 423 g/mol. The first-order valence-electron chi connectivity index (χ1n) is 10.2. The monoisotopic (exact) mass is 423 g/mol. The van der Waals surface area contributed by atoms with Crippen LogP contribution in [0.15, 0.2) is 85.3 Å². The number of imidazole rings is 1. The van der Waals surface area contributed by atoms with E-state index in [2.05, 4.69) is 15.3 Å². The number of aryl methyl sites for hydroxylation is 1. The van der Waals surface area contributed by atoms with Gasteiger partial charge < -0.3 is 9.88 Å².